The molecule has 2 atom stereocenters. The molecule has 13 heteroatoms. The van der Waals surface area contributed by atoms with Crippen molar-refractivity contribution in [3.63, 3.8) is 0 Å². The Bertz CT molecular complexity index is 2010. The van der Waals surface area contributed by atoms with Gasteiger partial charge in [-0.15, -0.1) is 5.10 Å². The van der Waals surface area contributed by atoms with E-state index in [9.17, 15) is 0 Å². The van der Waals surface area contributed by atoms with Gasteiger partial charge in [0.25, 0.3) is 0 Å². The van der Waals surface area contributed by atoms with Crippen molar-refractivity contribution >= 4 is 16.5 Å². The first-order valence-corrected chi connectivity index (χ1v) is 19.2. The number of fused-ring (bicyclic) bond motifs is 1. The highest BCUT2D eigenvalue weighted by molar-refractivity contribution is 5.89. The smallest absolute Gasteiger partial charge is 0.125 e. The molecule has 0 aliphatic carbocycles. The zero-order valence-corrected chi connectivity index (χ0v) is 31.6. The van der Waals surface area contributed by atoms with Crippen LogP contribution in [0.15, 0.2) is 95.3 Å². The molecular weight excluding hydrogens is 695 g/mol. The van der Waals surface area contributed by atoms with Crippen LogP contribution in [-0.2, 0) is 0 Å². The fourth-order valence-electron chi connectivity index (χ4n) is 6.22. The Morgan fingerprint density at radius 1 is 0.655 bits per heavy atom. The predicted molar refractivity (Wildman–Crippen MR) is 217 cm³/mol. The first-order valence-electron chi connectivity index (χ1n) is 19.2. The second-order valence-corrected chi connectivity index (χ2v) is 13.6. The van der Waals surface area contributed by atoms with Crippen LogP contribution in [0.2, 0.25) is 0 Å². The molecule has 2 unspecified atom stereocenters. The molecule has 0 radical (unpaired) electrons. The summed E-state index contributed by atoms with van der Waals surface area (Å²) in [6.07, 6.45) is 7.89. The van der Waals surface area contributed by atoms with E-state index in [1.165, 1.54) is 0 Å². The highest BCUT2D eigenvalue weighted by Gasteiger charge is 2.23. The van der Waals surface area contributed by atoms with Crippen molar-refractivity contribution in [2.75, 3.05) is 52.6 Å². The summed E-state index contributed by atoms with van der Waals surface area (Å²) in [4.78, 5) is 0. The van der Waals surface area contributed by atoms with Crippen LogP contribution in [0, 0.1) is 0 Å². The first-order chi connectivity index (χ1) is 27.0. The fraction of sp³-hybridized carbons (Fsp3) is 0.381. The van der Waals surface area contributed by atoms with Crippen molar-refractivity contribution in [3.05, 3.63) is 96.2 Å². The second kappa shape index (κ2) is 19.8. The third-order valence-electron chi connectivity index (χ3n) is 9.40. The lowest BCUT2D eigenvalue weighted by Crippen LogP contribution is -2.15. The summed E-state index contributed by atoms with van der Waals surface area (Å²) >= 11 is 0. The van der Waals surface area contributed by atoms with E-state index in [-0.39, 0.29) is 12.0 Å². The molecule has 0 saturated carbocycles. The monoisotopic (exact) mass is 747 g/mol. The van der Waals surface area contributed by atoms with E-state index >= 15 is 0 Å². The van der Waals surface area contributed by atoms with Crippen LogP contribution < -0.4 is 41.9 Å². The molecule has 6 rings (SSSR count). The summed E-state index contributed by atoms with van der Waals surface area (Å²) in [5, 5.41) is 20.7. The summed E-state index contributed by atoms with van der Waals surface area (Å²) in [7, 11) is 0. The normalized spacial score (nSPS) is 14.5. The van der Waals surface area contributed by atoms with Crippen molar-refractivity contribution in [2.24, 2.45) is 33.2 Å². The van der Waals surface area contributed by atoms with Crippen molar-refractivity contribution in [3.8, 4) is 39.9 Å². The van der Waals surface area contributed by atoms with Gasteiger partial charge in [0, 0.05) is 41.3 Å². The number of nitrogens with two attached hydrogens (primary N) is 4. The van der Waals surface area contributed by atoms with E-state index in [1.54, 1.807) is 4.68 Å². The number of rotatable bonds is 21. The Morgan fingerprint density at radius 3 is 1.71 bits per heavy atom. The van der Waals surface area contributed by atoms with Crippen LogP contribution in [0.1, 0.15) is 56.1 Å². The summed E-state index contributed by atoms with van der Waals surface area (Å²) in [6, 6.07) is 24.4. The molecule has 5 aromatic rings. The third-order valence-corrected chi connectivity index (χ3v) is 9.40. The van der Waals surface area contributed by atoms with Gasteiger partial charge >= 0.3 is 0 Å². The zero-order chi connectivity index (χ0) is 38.4. The minimum atomic E-state index is -0.0265. The summed E-state index contributed by atoms with van der Waals surface area (Å²) in [6.45, 7) is 6.54. The Balaban J connectivity index is 1.17. The molecule has 1 aromatic heterocycles. The average Bonchev–Trinajstić information content (AvgIpc) is 3.71. The maximum Gasteiger partial charge on any atom is 0.125 e. The SMILES string of the molecule is CC(c1cc(OCCCN)cc(OCCCN)c1)C1CC=C(c2ccc3ccc(-c4cn(-c5cc(OCCCN)cc(OCCCN)c5)nn4)cc3c2)N=N1. The molecule has 4 aromatic carbocycles. The topological polar surface area (TPSA) is 196 Å². The highest BCUT2D eigenvalue weighted by Crippen LogP contribution is 2.36. The van der Waals surface area contributed by atoms with E-state index < -0.39 is 0 Å². The zero-order valence-electron chi connectivity index (χ0n) is 31.6. The lowest BCUT2D eigenvalue weighted by atomic mass is 9.90. The fourth-order valence-corrected chi connectivity index (χ4v) is 6.22. The molecule has 8 N–H and O–H groups in total. The first kappa shape index (κ1) is 39.4. The minimum absolute atomic E-state index is 0.0265. The van der Waals surface area contributed by atoms with Gasteiger partial charge in [-0.1, -0.05) is 42.5 Å². The Morgan fingerprint density at radius 2 is 1.18 bits per heavy atom. The summed E-state index contributed by atoms with van der Waals surface area (Å²) in [5.41, 5.74) is 28.1. The molecule has 55 heavy (non-hydrogen) atoms. The van der Waals surface area contributed by atoms with Crippen LogP contribution in [0.5, 0.6) is 23.0 Å². The van der Waals surface area contributed by atoms with Gasteiger partial charge < -0.3 is 41.9 Å². The van der Waals surface area contributed by atoms with Crippen molar-refractivity contribution in [1.82, 2.24) is 15.0 Å². The van der Waals surface area contributed by atoms with Gasteiger partial charge in [0.05, 0.1) is 50.1 Å². The largest absolute Gasteiger partial charge is 0.493 e. The van der Waals surface area contributed by atoms with E-state index in [1.807, 2.05) is 30.5 Å². The van der Waals surface area contributed by atoms with Crippen LogP contribution in [0.3, 0.4) is 0 Å². The van der Waals surface area contributed by atoms with E-state index in [2.05, 4.69) is 71.8 Å². The van der Waals surface area contributed by atoms with Gasteiger partial charge in [0.2, 0.25) is 0 Å². The molecule has 1 aliphatic heterocycles. The number of hydrogen-bond acceptors (Lipinski definition) is 12. The molecule has 0 spiro atoms. The van der Waals surface area contributed by atoms with Gasteiger partial charge in [-0.05, 0) is 98.9 Å². The second-order valence-electron chi connectivity index (χ2n) is 13.6. The number of benzene rings is 4. The number of aromatic nitrogens is 3. The number of ether oxygens (including phenoxy) is 4. The lowest BCUT2D eigenvalue weighted by molar-refractivity contribution is 0.296. The Labute approximate surface area is 322 Å². The van der Waals surface area contributed by atoms with Crippen molar-refractivity contribution in [2.45, 2.75) is 51.0 Å². The van der Waals surface area contributed by atoms with Gasteiger partial charge in [-0.25, -0.2) is 4.68 Å². The average molecular weight is 748 g/mol. The Kier molecular flexibility index (Phi) is 14.2. The van der Waals surface area contributed by atoms with E-state index in [0.717, 1.165) is 88.1 Å². The summed E-state index contributed by atoms with van der Waals surface area (Å²) in [5.74, 6) is 2.96. The van der Waals surface area contributed by atoms with Crippen LogP contribution in [0.25, 0.3) is 33.4 Å². The molecule has 0 saturated heterocycles. The lowest BCUT2D eigenvalue weighted by Gasteiger charge is -2.23. The maximum atomic E-state index is 6.00. The van der Waals surface area contributed by atoms with Crippen molar-refractivity contribution < 1.29 is 18.9 Å². The van der Waals surface area contributed by atoms with E-state index in [0.29, 0.717) is 64.1 Å². The van der Waals surface area contributed by atoms with Gasteiger partial charge in [0.1, 0.15) is 28.7 Å². The molecule has 0 amide bonds. The molecule has 2 heterocycles. The Hall–Kier alpha value is -5.34. The maximum absolute atomic E-state index is 6.00. The third kappa shape index (κ3) is 10.7. The van der Waals surface area contributed by atoms with Crippen LogP contribution >= 0.6 is 0 Å². The highest BCUT2D eigenvalue weighted by atomic mass is 16.5. The molecular formula is C42H53N9O4. The number of azo groups is 1. The van der Waals surface area contributed by atoms with Gasteiger partial charge in [-0.2, -0.15) is 10.2 Å². The number of nitrogens with zero attached hydrogens (tertiary/aromatic N) is 5. The molecule has 13 nitrogen and oxygen atoms in total. The van der Waals surface area contributed by atoms with Crippen molar-refractivity contribution in [1.29, 1.82) is 0 Å². The molecule has 0 bridgehead atoms. The molecule has 290 valence electrons. The van der Waals surface area contributed by atoms with Crippen LogP contribution in [-0.4, -0.2) is 73.6 Å². The standard InChI is InChI=1S/C42H53N9O4/c1-29(33-22-36(52-16-2-12-43)26-37(23-33)53-17-3-13-44)40-10-11-41(48-47-40)31-8-6-30-7-9-32(21-34(30)20-31)42-28-51(50-49-42)35-24-38(54-18-4-14-45)27-39(25-35)55-19-5-15-46/h6-9,11,20-29,40H,2-5,10,12-19,43-46H2,1H3. The minimum Gasteiger partial charge on any atom is -0.493 e. The van der Waals surface area contributed by atoms with Crippen LogP contribution in [0.4, 0.5) is 0 Å². The molecule has 0 fully saturated rings. The molecule has 1 aliphatic rings. The van der Waals surface area contributed by atoms with Gasteiger partial charge in [-0.3, -0.25) is 0 Å². The quantitative estimate of drug-likeness (QED) is 0.0613. The number of hydrogen-bond donors (Lipinski definition) is 4. The van der Waals surface area contributed by atoms with E-state index in [4.69, 9.17) is 52.1 Å². The van der Waals surface area contributed by atoms with Gasteiger partial charge in [0.15, 0.2) is 0 Å². The predicted octanol–water partition coefficient (Wildman–Crippen LogP) is 6.37. The summed E-state index contributed by atoms with van der Waals surface area (Å²) < 4.78 is 25.6.